The molecule has 3 rings (SSSR count). The summed E-state index contributed by atoms with van der Waals surface area (Å²) in [5, 5.41) is 2.74. The van der Waals surface area contributed by atoms with Crippen molar-refractivity contribution in [2.24, 2.45) is 11.8 Å². The molecular weight excluding hydrogens is 365 g/mol. The number of halogens is 2. The van der Waals surface area contributed by atoms with Crippen molar-refractivity contribution in [1.29, 1.82) is 0 Å². The zero-order valence-corrected chi connectivity index (χ0v) is 17.1. The van der Waals surface area contributed by atoms with Gasteiger partial charge in [0.05, 0.1) is 5.69 Å². The van der Waals surface area contributed by atoms with Crippen LogP contribution in [0.25, 0.3) is 0 Å². The largest absolute Gasteiger partial charge is 0.367 e. The summed E-state index contributed by atoms with van der Waals surface area (Å²) in [5.41, 5.74) is 0.738. The Balaban J connectivity index is 0.00000261. The smallest absolute Gasteiger partial charge is 0.220 e. The van der Waals surface area contributed by atoms with Gasteiger partial charge >= 0.3 is 0 Å². The van der Waals surface area contributed by atoms with Gasteiger partial charge in [-0.25, -0.2) is 4.39 Å². The molecule has 0 bridgehead atoms. The van der Waals surface area contributed by atoms with Gasteiger partial charge in [-0.1, -0.05) is 25.0 Å². The predicted molar refractivity (Wildman–Crippen MR) is 111 cm³/mol. The molecular formula is C21H33ClFN3O. The lowest BCUT2D eigenvalue weighted by molar-refractivity contribution is -0.121. The molecule has 6 heteroatoms. The fourth-order valence-electron chi connectivity index (χ4n) is 4.37. The van der Waals surface area contributed by atoms with Crippen LogP contribution >= 0.6 is 12.4 Å². The number of para-hydroxylation sites is 1. The second kappa shape index (κ2) is 10.9. The molecule has 4 nitrogen and oxygen atoms in total. The standard InChI is InChI=1S/C21H32FN3O.ClH/c1-23-21(26)16-18-8-6-17(7-9-18)10-11-24-12-14-25(15-13-24)20-5-3-2-4-19(20)22;/h2-5,17-18H,6-16H2,1H3,(H,23,26);1H. The minimum Gasteiger partial charge on any atom is -0.367 e. The van der Waals surface area contributed by atoms with Gasteiger partial charge in [-0.15, -0.1) is 12.4 Å². The van der Waals surface area contributed by atoms with Gasteiger partial charge < -0.3 is 10.2 Å². The van der Waals surface area contributed by atoms with Crippen molar-refractivity contribution >= 4 is 24.0 Å². The monoisotopic (exact) mass is 397 g/mol. The van der Waals surface area contributed by atoms with Gasteiger partial charge in [0, 0.05) is 39.6 Å². The van der Waals surface area contributed by atoms with Gasteiger partial charge in [-0.3, -0.25) is 9.69 Å². The Bertz CT molecular complexity index is 585. The first kappa shape index (κ1) is 22.0. The van der Waals surface area contributed by atoms with Crippen molar-refractivity contribution in [1.82, 2.24) is 10.2 Å². The van der Waals surface area contributed by atoms with Crippen molar-refractivity contribution in [2.45, 2.75) is 38.5 Å². The number of anilines is 1. The van der Waals surface area contributed by atoms with Crippen LogP contribution in [0, 0.1) is 17.7 Å². The van der Waals surface area contributed by atoms with E-state index in [9.17, 15) is 9.18 Å². The number of rotatable bonds is 6. The molecule has 1 N–H and O–H groups in total. The van der Waals surface area contributed by atoms with Crippen LogP contribution in [0.3, 0.4) is 0 Å². The molecule has 1 amide bonds. The van der Waals surface area contributed by atoms with Crippen molar-refractivity contribution < 1.29 is 9.18 Å². The third kappa shape index (κ3) is 6.35. The van der Waals surface area contributed by atoms with E-state index < -0.39 is 0 Å². The Morgan fingerprint density at radius 3 is 2.33 bits per heavy atom. The normalized spacial score (nSPS) is 23.6. The van der Waals surface area contributed by atoms with Gasteiger partial charge in [-0.2, -0.15) is 0 Å². The van der Waals surface area contributed by atoms with E-state index in [1.807, 2.05) is 12.1 Å². The molecule has 0 spiro atoms. The lowest BCUT2D eigenvalue weighted by Gasteiger charge is -2.37. The topological polar surface area (TPSA) is 35.6 Å². The average molecular weight is 398 g/mol. The van der Waals surface area contributed by atoms with Gasteiger partial charge in [0.25, 0.3) is 0 Å². The van der Waals surface area contributed by atoms with Crippen molar-refractivity contribution in [3.8, 4) is 0 Å². The molecule has 1 saturated carbocycles. The highest BCUT2D eigenvalue weighted by Gasteiger charge is 2.24. The third-order valence-electron chi connectivity index (χ3n) is 6.14. The third-order valence-corrected chi connectivity index (χ3v) is 6.14. The van der Waals surface area contributed by atoms with Crippen LogP contribution in [0.15, 0.2) is 24.3 Å². The number of carbonyl (C=O) groups excluding carboxylic acids is 1. The molecule has 1 aromatic carbocycles. The van der Waals surface area contributed by atoms with Crippen LogP contribution in [-0.2, 0) is 4.79 Å². The van der Waals surface area contributed by atoms with E-state index in [4.69, 9.17) is 0 Å². The molecule has 1 aliphatic heterocycles. The second-order valence-electron chi connectivity index (χ2n) is 7.83. The second-order valence-corrected chi connectivity index (χ2v) is 7.83. The van der Waals surface area contributed by atoms with E-state index in [1.54, 1.807) is 19.2 Å². The summed E-state index contributed by atoms with van der Waals surface area (Å²) in [7, 11) is 1.72. The van der Waals surface area contributed by atoms with E-state index in [0.29, 0.717) is 12.3 Å². The molecule has 0 aromatic heterocycles. The van der Waals surface area contributed by atoms with Gasteiger partial charge in [-0.05, 0) is 49.8 Å². The van der Waals surface area contributed by atoms with Crippen LogP contribution in [0.4, 0.5) is 10.1 Å². The molecule has 1 heterocycles. The summed E-state index contributed by atoms with van der Waals surface area (Å²) in [6.45, 7) is 4.98. The van der Waals surface area contributed by atoms with Gasteiger partial charge in [0.1, 0.15) is 5.82 Å². The molecule has 2 aliphatic rings. The van der Waals surface area contributed by atoms with Crippen LogP contribution in [0.1, 0.15) is 38.5 Å². The first-order chi connectivity index (χ1) is 12.7. The van der Waals surface area contributed by atoms with E-state index in [2.05, 4.69) is 15.1 Å². The van der Waals surface area contributed by atoms with Crippen LogP contribution in [-0.4, -0.2) is 50.6 Å². The Morgan fingerprint density at radius 2 is 1.70 bits per heavy atom. The number of nitrogens with zero attached hydrogens (tertiary/aromatic N) is 2. The summed E-state index contributed by atoms with van der Waals surface area (Å²) in [4.78, 5) is 16.2. The number of nitrogens with one attached hydrogen (secondary N) is 1. The fraction of sp³-hybridized carbons (Fsp3) is 0.667. The maximum absolute atomic E-state index is 13.9. The summed E-state index contributed by atoms with van der Waals surface area (Å²) < 4.78 is 13.9. The van der Waals surface area contributed by atoms with Crippen LogP contribution in [0.2, 0.25) is 0 Å². The SMILES string of the molecule is CNC(=O)CC1CCC(CCN2CCN(c3ccccc3F)CC2)CC1.Cl. The molecule has 0 radical (unpaired) electrons. The Labute approximate surface area is 168 Å². The molecule has 1 aliphatic carbocycles. The first-order valence-electron chi connectivity index (χ1n) is 10.1. The number of carbonyl (C=O) groups is 1. The summed E-state index contributed by atoms with van der Waals surface area (Å²) in [6.07, 6.45) is 6.86. The highest BCUT2D eigenvalue weighted by Crippen LogP contribution is 2.32. The van der Waals surface area contributed by atoms with Crippen LogP contribution < -0.4 is 10.2 Å². The minimum atomic E-state index is -0.116. The van der Waals surface area contributed by atoms with Crippen molar-refractivity contribution in [3.63, 3.8) is 0 Å². The number of piperazine rings is 1. The van der Waals surface area contributed by atoms with Crippen molar-refractivity contribution in [3.05, 3.63) is 30.1 Å². The molecule has 0 atom stereocenters. The van der Waals surface area contributed by atoms with E-state index in [1.165, 1.54) is 32.1 Å². The molecule has 1 saturated heterocycles. The zero-order valence-electron chi connectivity index (χ0n) is 16.3. The Morgan fingerprint density at radius 1 is 1.07 bits per heavy atom. The zero-order chi connectivity index (χ0) is 18.4. The lowest BCUT2D eigenvalue weighted by Crippen LogP contribution is -2.47. The number of amides is 1. The number of benzene rings is 1. The van der Waals surface area contributed by atoms with Gasteiger partial charge in [0.2, 0.25) is 5.91 Å². The Kier molecular flexibility index (Phi) is 8.84. The minimum absolute atomic E-state index is 0. The Hall–Kier alpha value is -1.33. The molecule has 27 heavy (non-hydrogen) atoms. The van der Waals surface area contributed by atoms with E-state index >= 15 is 0 Å². The first-order valence-corrected chi connectivity index (χ1v) is 10.1. The molecule has 1 aromatic rings. The van der Waals surface area contributed by atoms with Gasteiger partial charge in [0.15, 0.2) is 0 Å². The molecule has 152 valence electrons. The highest BCUT2D eigenvalue weighted by molar-refractivity contribution is 5.85. The molecule has 2 fully saturated rings. The maximum atomic E-state index is 13.9. The summed E-state index contributed by atoms with van der Waals surface area (Å²) in [5.74, 6) is 1.45. The predicted octanol–water partition coefficient (Wildman–Crippen LogP) is 3.70. The van der Waals surface area contributed by atoms with E-state index in [-0.39, 0.29) is 24.1 Å². The molecule has 0 unspecified atom stereocenters. The lowest BCUT2D eigenvalue weighted by atomic mass is 9.79. The average Bonchev–Trinajstić information content (AvgIpc) is 2.68. The number of hydrogen-bond acceptors (Lipinski definition) is 3. The van der Waals surface area contributed by atoms with Crippen LogP contribution in [0.5, 0.6) is 0 Å². The number of hydrogen-bond donors (Lipinski definition) is 1. The quantitative estimate of drug-likeness (QED) is 0.794. The maximum Gasteiger partial charge on any atom is 0.220 e. The summed E-state index contributed by atoms with van der Waals surface area (Å²) >= 11 is 0. The highest BCUT2D eigenvalue weighted by atomic mass is 35.5. The van der Waals surface area contributed by atoms with Crippen molar-refractivity contribution in [2.75, 3.05) is 44.7 Å². The fourth-order valence-corrected chi connectivity index (χ4v) is 4.37. The van der Waals surface area contributed by atoms with E-state index in [0.717, 1.165) is 44.3 Å². The summed E-state index contributed by atoms with van der Waals surface area (Å²) in [6, 6.07) is 7.08.